The van der Waals surface area contributed by atoms with Crippen LogP contribution in [-0.4, -0.2) is 15.2 Å². The molecule has 0 saturated carbocycles. The Hall–Kier alpha value is -3.06. The third-order valence-corrected chi connectivity index (χ3v) is 4.78. The molecule has 1 N–H and O–H groups in total. The average Bonchev–Trinajstić information content (AvgIpc) is 3.05. The van der Waals surface area contributed by atoms with Crippen LogP contribution in [-0.2, 0) is 0 Å². The van der Waals surface area contributed by atoms with E-state index in [2.05, 4.69) is 20.5 Å². The predicted molar refractivity (Wildman–Crippen MR) is 98.4 cm³/mol. The molecule has 0 fully saturated rings. The summed E-state index contributed by atoms with van der Waals surface area (Å²) in [4.78, 5) is 15.5. The van der Waals surface area contributed by atoms with Crippen molar-refractivity contribution >= 4 is 33.1 Å². The van der Waals surface area contributed by atoms with E-state index < -0.39 is 0 Å². The minimum Gasteiger partial charge on any atom is -0.423 e. The van der Waals surface area contributed by atoms with Gasteiger partial charge in [-0.25, -0.2) is 4.79 Å². The van der Waals surface area contributed by atoms with E-state index in [1.54, 1.807) is 12.4 Å². The van der Waals surface area contributed by atoms with Gasteiger partial charge in [0.2, 0.25) is 5.13 Å². The van der Waals surface area contributed by atoms with E-state index in [0.29, 0.717) is 10.7 Å². The van der Waals surface area contributed by atoms with Crippen molar-refractivity contribution in [3.63, 3.8) is 0 Å². The average molecular weight is 350 g/mol. The van der Waals surface area contributed by atoms with E-state index in [9.17, 15) is 4.79 Å². The quantitative estimate of drug-likeness (QED) is 0.561. The first-order valence-corrected chi connectivity index (χ1v) is 8.48. The van der Waals surface area contributed by atoms with Crippen molar-refractivity contribution in [1.29, 1.82) is 0 Å². The highest BCUT2D eigenvalue weighted by molar-refractivity contribution is 7.18. The van der Waals surface area contributed by atoms with Crippen LogP contribution in [0.5, 0.6) is 0 Å². The fourth-order valence-corrected chi connectivity index (χ4v) is 3.36. The highest BCUT2D eigenvalue weighted by atomic mass is 32.1. The van der Waals surface area contributed by atoms with E-state index in [0.717, 1.165) is 32.8 Å². The van der Waals surface area contributed by atoms with Gasteiger partial charge in [0.25, 0.3) is 0 Å². The summed E-state index contributed by atoms with van der Waals surface area (Å²) in [6.07, 6.45) is 3.46. The monoisotopic (exact) mass is 350 g/mol. The van der Waals surface area contributed by atoms with Crippen molar-refractivity contribution in [3.05, 3.63) is 64.3 Å². The molecule has 25 heavy (non-hydrogen) atoms. The first kappa shape index (κ1) is 15.5. The smallest absolute Gasteiger partial charge is 0.336 e. The van der Waals surface area contributed by atoms with Crippen LogP contribution >= 0.6 is 11.3 Å². The number of pyridine rings is 1. The molecule has 3 heterocycles. The summed E-state index contributed by atoms with van der Waals surface area (Å²) < 4.78 is 5.28. The number of anilines is 2. The molecular weight excluding hydrogens is 336 g/mol. The lowest BCUT2D eigenvalue weighted by atomic mass is 10.1. The molecule has 0 saturated heterocycles. The molecule has 1 aromatic carbocycles. The molecule has 0 aliphatic heterocycles. The third-order valence-electron chi connectivity index (χ3n) is 3.89. The van der Waals surface area contributed by atoms with Crippen molar-refractivity contribution in [2.75, 3.05) is 5.32 Å². The first-order chi connectivity index (χ1) is 12.1. The maximum Gasteiger partial charge on any atom is 0.336 e. The highest BCUT2D eigenvalue weighted by Crippen LogP contribution is 2.31. The molecule has 0 spiro atoms. The molecule has 0 amide bonds. The number of hydrogen-bond donors (Lipinski definition) is 1. The standard InChI is InChI=1S/C18H14N4O2S/c1-10-8-16(23)24-15-7-11(2)14(9-13(10)15)20-18-22-21-17(25-18)12-3-5-19-6-4-12/h3-9H,1-2H3,(H,20,22). The van der Waals surface area contributed by atoms with Crippen LogP contribution < -0.4 is 10.9 Å². The van der Waals surface area contributed by atoms with Crippen LogP contribution in [0.4, 0.5) is 10.8 Å². The van der Waals surface area contributed by atoms with Crippen LogP contribution in [0.3, 0.4) is 0 Å². The second kappa shape index (κ2) is 6.10. The largest absolute Gasteiger partial charge is 0.423 e. The molecule has 7 heteroatoms. The number of rotatable bonds is 3. The molecule has 0 aliphatic carbocycles. The first-order valence-electron chi connectivity index (χ1n) is 7.66. The van der Waals surface area contributed by atoms with Gasteiger partial charge < -0.3 is 9.73 Å². The SMILES string of the molecule is Cc1cc2oc(=O)cc(C)c2cc1Nc1nnc(-c2ccncc2)s1. The number of fused-ring (bicyclic) bond motifs is 1. The minimum atomic E-state index is -0.337. The lowest BCUT2D eigenvalue weighted by molar-refractivity contribution is 0.559. The van der Waals surface area contributed by atoms with E-state index in [-0.39, 0.29) is 5.63 Å². The Morgan fingerprint density at radius 3 is 2.64 bits per heavy atom. The predicted octanol–water partition coefficient (Wildman–Crippen LogP) is 4.07. The number of hydrogen-bond acceptors (Lipinski definition) is 7. The highest BCUT2D eigenvalue weighted by Gasteiger charge is 2.10. The van der Waals surface area contributed by atoms with Gasteiger partial charge in [0, 0.05) is 35.1 Å². The topological polar surface area (TPSA) is 80.9 Å². The second-order valence-corrected chi connectivity index (χ2v) is 6.66. The summed E-state index contributed by atoms with van der Waals surface area (Å²) in [6.45, 7) is 3.85. The molecule has 6 nitrogen and oxygen atoms in total. The van der Waals surface area contributed by atoms with E-state index in [1.807, 2.05) is 38.1 Å². The summed E-state index contributed by atoms with van der Waals surface area (Å²) in [5.41, 5.74) is 3.97. The lowest BCUT2D eigenvalue weighted by Gasteiger charge is -2.09. The molecule has 0 unspecified atom stereocenters. The molecular formula is C18H14N4O2S. The van der Waals surface area contributed by atoms with Crippen molar-refractivity contribution < 1.29 is 4.42 Å². The van der Waals surface area contributed by atoms with Gasteiger partial charge in [-0.3, -0.25) is 4.98 Å². The number of aryl methyl sites for hydroxylation is 2. The zero-order valence-electron chi connectivity index (χ0n) is 13.6. The maximum atomic E-state index is 11.5. The van der Waals surface area contributed by atoms with Crippen LogP contribution in [0.1, 0.15) is 11.1 Å². The summed E-state index contributed by atoms with van der Waals surface area (Å²) in [7, 11) is 0. The van der Waals surface area contributed by atoms with E-state index in [1.165, 1.54) is 17.4 Å². The maximum absolute atomic E-state index is 11.5. The van der Waals surface area contributed by atoms with Crippen LogP contribution in [0.2, 0.25) is 0 Å². The zero-order valence-corrected chi connectivity index (χ0v) is 14.4. The molecule has 0 radical (unpaired) electrons. The van der Waals surface area contributed by atoms with Crippen molar-refractivity contribution in [2.45, 2.75) is 13.8 Å². The number of aromatic nitrogens is 3. The number of nitrogens with zero attached hydrogens (tertiary/aromatic N) is 3. The Kier molecular flexibility index (Phi) is 3.77. The number of benzene rings is 1. The molecule has 0 bridgehead atoms. The van der Waals surface area contributed by atoms with Gasteiger partial charge in [0.1, 0.15) is 10.6 Å². The second-order valence-electron chi connectivity index (χ2n) is 5.68. The molecule has 4 aromatic rings. The summed E-state index contributed by atoms with van der Waals surface area (Å²) in [5, 5.41) is 14.2. The minimum absolute atomic E-state index is 0.337. The molecule has 4 rings (SSSR count). The van der Waals surface area contributed by atoms with Crippen molar-refractivity contribution in [1.82, 2.24) is 15.2 Å². The molecule has 0 atom stereocenters. The fourth-order valence-electron chi connectivity index (χ4n) is 2.60. The summed E-state index contributed by atoms with van der Waals surface area (Å²) in [5.74, 6) is 0. The van der Waals surface area contributed by atoms with E-state index in [4.69, 9.17) is 4.42 Å². The normalized spacial score (nSPS) is 11.0. The molecule has 124 valence electrons. The Morgan fingerprint density at radius 1 is 1.04 bits per heavy atom. The van der Waals surface area contributed by atoms with Crippen molar-refractivity contribution in [2.24, 2.45) is 0 Å². The number of nitrogens with one attached hydrogen (secondary N) is 1. The van der Waals surface area contributed by atoms with Gasteiger partial charge in [0.15, 0.2) is 0 Å². The third kappa shape index (κ3) is 3.01. The zero-order chi connectivity index (χ0) is 17.4. The van der Waals surface area contributed by atoms with Gasteiger partial charge >= 0.3 is 5.63 Å². The van der Waals surface area contributed by atoms with Gasteiger partial charge in [-0.1, -0.05) is 11.3 Å². The van der Waals surface area contributed by atoms with Gasteiger partial charge in [-0.05, 0) is 49.2 Å². The van der Waals surface area contributed by atoms with E-state index >= 15 is 0 Å². The van der Waals surface area contributed by atoms with Crippen molar-refractivity contribution in [3.8, 4) is 10.6 Å². The Balaban J connectivity index is 1.70. The van der Waals surface area contributed by atoms with Gasteiger partial charge in [-0.15, -0.1) is 10.2 Å². The van der Waals surface area contributed by atoms with Crippen LogP contribution in [0.15, 0.2) is 51.9 Å². The van der Waals surface area contributed by atoms with Crippen LogP contribution in [0, 0.1) is 13.8 Å². The summed E-state index contributed by atoms with van der Waals surface area (Å²) in [6, 6.07) is 9.12. The Bertz CT molecular complexity index is 1120. The molecule has 3 aromatic heterocycles. The van der Waals surface area contributed by atoms with Gasteiger partial charge in [-0.2, -0.15) is 0 Å². The Labute approximate surface area is 147 Å². The van der Waals surface area contributed by atoms with Crippen LogP contribution in [0.25, 0.3) is 21.5 Å². The summed E-state index contributed by atoms with van der Waals surface area (Å²) >= 11 is 1.47. The lowest BCUT2D eigenvalue weighted by Crippen LogP contribution is -1.99. The Morgan fingerprint density at radius 2 is 1.84 bits per heavy atom. The fraction of sp³-hybridized carbons (Fsp3) is 0.111. The van der Waals surface area contributed by atoms with Gasteiger partial charge in [0.05, 0.1) is 0 Å². The molecule has 0 aliphatic rings.